The number of hydrogen-bond acceptors (Lipinski definition) is 1. The molecule has 1 aromatic carbocycles. The first-order valence-corrected chi connectivity index (χ1v) is 8.40. The van der Waals surface area contributed by atoms with Crippen molar-refractivity contribution in [2.45, 2.75) is 45.6 Å². The van der Waals surface area contributed by atoms with Crippen LogP contribution in [0.2, 0.25) is 5.02 Å². The van der Waals surface area contributed by atoms with Gasteiger partial charge in [0.15, 0.2) is 0 Å². The molecule has 0 spiro atoms. The minimum atomic E-state index is -0.417. The smallest absolute Gasteiger partial charge is 0.144 e. The van der Waals surface area contributed by atoms with E-state index in [-0.39, 0.29) is 5.02 Å². The van der Waals surface area contributed by atoms with Crippen molar-refractivity contribution in [1.29, 1.82) is 0 Å². The van der Waals surface area contributed by atoms with Crippen molar-refractivity contribution in [3.63, 3.8) is 0 Å². The largest absolute Gasteiger partial charge is 0.327 e. The summed E-state index contributed by atoms with van der Waals surface area (Å²) < 4.78 is 15.8. The van der Waals surface area contributed by atoms with E-state index in [9.17, 15) is 4.39 Å². The van der Waals surface area contributed by atoms with Gasteiger partial charge < -0.3 is 4.57 Å². The lowest BCUT2D eigenvalue weighted by Gasteiger charge is -2.42. The number of imidazole rings is 1. The van der Waals surface area contributed by atoms with Crippen LogP contribution in [-0.2, 0) is 13.0 Å². The van der Waals surface area contributed by atoms with Gasteiger partial charge >= 0.3 is 0 Å². The topological polar surface area (TPSA) is 17.8 Å². The Kier molecular flexibility index (Phi) is 4.15. The number of halogens is 3. The molecule has 0 saturated heterocycles. The van der Waals surface area contributed by atoms with Gasteiger partial charge in [0.05, 0.1) is 16.1 Å². The normalized spacial score (nSPS) is 17.1. The number of alkyl halides is 1. The lowest BCUT2D eigenvalue weighted by atomic mass is 9.67. The van der Waals surface area contributed by atoms with E-state index in [0.29, 0.717) is 23.2 Å². The lowest BCUT2D eigenvalue weighted by Crippen LogP contribution is -2.34. The number of aryl methyl sites for hydroxylation is 1. The molecule has 1 aromatic heterocycles. The van der Waals surface area contributed by atoms with Crippen LogP contribution < -0.4 is 0 Å². The molecule has 21 heavy (non-hydrogen) atoms. The van der Waals surface area contributed by atoms with Crippen LogP contribution in [0.5, 0.6) is 0 Å². The maximum absolute atomic E-state index is 13.6. The van der Waals surface area contributed by atoms with Crippen LogP contribution in [0.3, 0.4) is 0 Å². The van der Waals surface area contributed by atoms with Crippen LogP contribution >= 0.6 is 23.2 Å². The lowest BCUT2D eigenvalue weighted by molar-refractivity contribution is 0.101. The molecule has 1 heterocycles. The van der Waals surface area contributed by atoms with Gasteiger partial charge in [0, 0.05) is 24.9 Å². The number of fused-ring (bicyclic) bond motifs is 1. The summed E-state index contributed by atoms with van der Waals surface area (Å²) in [4.78, 5) is 4.56. The van der Waals surface area contributed by atoms with Crippen molar-refractivity contribution in [2.24, 2.45) is 5.41 Å². The number of hydrogen-bond donors (Lipinski definition) is 0. The molecule has 3 rings (SSSR count). The second kappa shape index (κ2) is 5.77. The van der Waals surface area contributed by atoms with Crippen molar-refractivity contribution in [2.75, 3.05) is 5.88 Å². The molecule has 0 aliphatic heterocycles. The highest BCUT2D eigenvalue weighted by Crippen LogP contribution is 2.46. The average Bonchev–Trinajstić information content (AvgIpc) is 2.72. The minimum Gasteiger partial charge on any atom is -0.327 e. The molecule has 1 fully saturated rings. The molecule has 114 valence electrons. The third-order valence-electron chi connectivity index (χ3n) is 4.85. The Morgan fingerprint density at radius 2 is 2.14 bits per heavy atom. The fourth-order valence-corrected chi connectivity index (χ4v) is 3.58. The van der Waals surface area contributed by atoms with Gasteiger partial charge in [-0.3, -0.25) is 0 Å². The molecule has 0 radical (unpaired) electrons. The molecule has 1 aliphatic carbocycles. The Morgan fingerprint density at radius 3 is 2.71 bits per heavy atom. The summed E-state index contributed by atoms with van der Waals surface area (Å²) in [5.41, 5.74) is 1.94. The van der Waals surface area contributed by atoms with E-state index < -0.39 is 5.82 Å². The standard InChI is InChI=1S/C16H19Cl2FN2/c1-2-16(5-3-6-16)10-21-14-8-11(18)12(19)9-13(14)20-15(21)4-7-17/h8-9H,2-7,10H2,1H3. The zero-order valence-electron chi connectivity index (χ0n) is 12.1. The molecule has 2 aromatic rings. The third-order valence-corrected chi connectivity index (χ3v) is 5.32. The Balaban J connectivity index is 2.09. The number of aromatic nitrogens is 2. The van der Waals surface area contributed by atoms with E-state index >= 15 is 0 Å². The molecule has 0 atom stereocenters. The summed E-state index contributed by atoms with van der Waals surface area (Å²) >= 11 is 11.9. The van der Waals surface area contributed by atoms with Crippen molar-refractivity contribution >= 4 is 34.2 Å². The second-order valence-electron chi connectivity index (χ2n) is 6.02. The molecule has 2 nitrogen and oxygen atoms in total. The SMILES string of the molecule is CCC1(Cn2c(CCCl)nc3cc(F)c(Cl)cc32)CCC1. The summed E-state index contributed by atoms with van der Waals surface area (Å²) in [6, 6.07) is 3.12. The Morgan fingerprint density at radius 1 is 1.38 bits per heavy atom. The van der Waals surface area contributed by atoms with Crippen LogP contribution in [0.1, 0.15) is 38.4 Å². The fourth-order valence-electron chi connectivity index (χ4n) is 3.26. The minimum absolute atomic E-state index is 0.153. The molecular weight excluding hydrogens is 310 g/mol. The second-order valence-corrected chi connectivity index (χ2v) is 6.80. The van der Waals surface area contributed by atoms with Gasteiger partial charge in [0.2, 0.25) is 0 Å². The summed E-state index contributed by atoms with van der Waals surface area (Å²) in [7, 11) is 0. The summed E-state index contributed by atoms with van der Waals surface area (Å²) in [5.74, 6) is 1.03. The molecule has 0 amide bonds. The quantitative estimate of drug-likeness (QED) is 0.690. The van der Waals surface area contributed by atoms with E-state index in [4.69, 9.17) is 23.2 Å². The van der Waals surface area contributed by atoms with Crippen LogP contribution in [-0.4, -0.2) is 15.4 Å². The van der Waals surface area contributed by atoms with Gasteiger partial charge in [0.1, 0.15) is 11.6 Å². The summed E-state index contributed by atoms with van der Waals surface area (Å²) in [5, 5.41) is 0.153. The van der Waals surface area contributed by atoms with Crippen LogP contribution in [0.25, 0.3) is 11.0 Å². The maximum atomic E-state index is 13.6. The highest BCUT2D eigenvalue weighted by atomic mass is 35.5. The molecular formula is C16H19Cl2FN2. The van der Waals surface area contributed by atoms with Gasteiger partial charge in [-0.2, -0.15) is 0 Å². The summed E-state index contributed by atoms with van der Waals surface area (Å²) in [6.07, 6.45) is 5.63. The number of rotatable bonds is 5. The van der Waals surface area contributed by atoms with E-state index in [1.165, 1.54) is 25.3 Å². The summed E-state index contributed by atoms with van der Waals surface area (Å²) in [6.45, 7) is 3.17. The molecule has 5 heteroatoms. The van der Waals surface area contributed by atoms with Crippen molar-refractivity contribution in [3.8, 4) is 0 Å². The van der Waals surface area contributed by atoms with E-state index in [2.05, 4.69) is 16.5 Å². The van der Waals surface area contributed by atoms with Crippen molar-refractivity contribution in [3.05, 3.63) is 28.8 Å². The zero-order valence-corrected chi connectivity index (χ0v) is 13.6. The van der Waals surface area contributed by atoms with Gasteiger partial charge in [-0.05, 0) is 30.7 Å². The molecule has 0 N–H and O–H groups in total. The molecule has 0 unspecified atom stereocenters. The number of nitrogens with zero attached hydrogens (tertiary/aromatic N) is 2. The highest BCUT2D eigenvalue weighted by molar-refractivity contribution is 6.31. The van der Waals surface area contributed by atoms with Crippen LogP contribution in [0, 0.1) is 11.2 Å². The fraction of sp³-hybridized carbons (Fsp3) is 0.562. The van der Waals surface area contributed by atoms with Crippen molar-refractivity contribution < 1.29 is 4.39 Å². The first-order chi connectivity index (χ1) is 10.1. The van der Waals surface area contributed by atoms with Crippen LogP contribution in [0.15, 0.2) is 12.1 Å². The highest BCUT2D eigenvalue weighted by Gasteiger charge is 2.36. The van der Waals surface area contributed by atoms with E-state index in [1.54, 1.807) is 6.07 Å². The Labute approximate surface area is 134 Å². The molecule has 1 saturated carbocycles. The van der Waals surface area contributed by atoms with E-state index in [0.717, 1.165) is 24.3 Å². The third kappa shape index (κ3) is 2.66. The van der Waals surface area contributed by atoms with Gasteiger partial charge in [0.25, 0.3) is 0 Å². The molecule has 1 aliphatic rings. The van der Waals surface area contributed by atoms with Crippen molar-refractivity contribution in [1.82, 2.24) is 9.55 Å². The predicted octanol–water partition coefficient (Wildman–Crippen LogP) is 5.19. The first kappa shape index (κ1) is 15.1. The molecule has 0 bridgehead atoms. The zero-order chi connectivity index (χ0) is 15.0. The van der Waals surface area contributed by atoms with Gasteiger partial charge in [-0.25, -0.2) is 9.37 Å². The van der Waals surface area contributed by atoms with Crippen LogP contribution in [0.4, 0.5) is 4.39 Å². The maximum Gasteiger partial charge on any atom is 0.144 e. The number of benzene rings is 1. The Hall–Kier alpha value is -0.800. The Bertz CT molecular complexity index is 656. The monoisotopic (exact) mass is 328 g/mol. The average molecular weight is 329 g/mol. The van der Waals surface area contributed by atoms with Gasteiger partial charge in [-0.15, -0.1) is 11.6 Å². The first-order valence-electron chi connectivity index (χ1n) is 7.49. The van der Waals surface area contributed by atoms with Gasteiger partial charge in [-0.1, -0.05) is 24.9 Å². The predicted molar refractivity (Wildman–Crippen MR) is 85.7 cm³/mol. The van der Waals surface area contributed by atoms with E-state index in [1.807, 2.05) is 0 Å².